The monoisotopic (exact) mass is 384 g/mol. The third-order valence-corrected chi connectivity index (χ3v) is 5.46. The smallest absolute Gasteiger partial charge is 0.322 e. The molecule has 2 heterocycles. The molecule has 2 amide bonds. The Hall–Kier alpha value is -2.83. The SMILES string of the molecule is COc1nc2c(cc1NC(=O)N1CCN(c3ccccc3F)CC1)CCCC2. The predicted octanol–water partition coefficient (Wildman–Crippen LogP) is 3.46. The minimum Gasteiger partial charge on any atom is -0.480 e. The number of piperazine rings is 1. The number of halogens is 1. The number of urea groups is 1. The van der Waals surface area contributed by atoms with Gasteiger partial charge in [0.1, 0.15) is 11.5 Å². The zero-order valence-corrected chi connectivity index (χ0v) is 16.1. The van der Waals surface area contributed by atoms with Crippen LogP contribution in [0.4, 0.5) is 20.6 Å². The first kappa shape index (κ1) is 18.5. The maximum absolute atomic E-state index is 14.0. The molecule has 6 nitrogen and oxygen atoms in total. The van der Waals surface area contributed by atoms with Gasteiger partial charge < -0.3 is 19.9 Å². The number of rotatable bonds is 3. The number of benzene rings is 1. The second kappa shape index (κ2) is 8.04. The number of hydrogen-bond donors (Lipinski definition) is 1. The van der Waals surface area contributed by atoms with Gasteiger partial charge in [0.15, 0.2) is 0 Å². The van der Waals surface area contributed by atoms with Crippen LogP contribution in [-0.2, 0) is 12.8 Å². The van der Waals surface area contributed by atoms with E-state index in [0.717, 1.165) is 31.4 Å². The van der Waals surface area contributed by atoms with Gasteiger partial charge in [-0.1, -0.05) is 12.1 Å². The molecule has 1 N–H and O–H groups in total. The van der Waals surface area contributed by atoms with E-state index in [9.17, 15) is 9.18 Å². The molecule has 1 aromatic heterocycles. The number of nitrogens with zero attached hydrogens (tertiary/aromatic N) is 3. The van der Waals surface area contributed by atoms with Crippen molar-refractivity contribution in [1.82, 2.24) is 9.88 Å². The van der Waals surface area contributed by atoms with Crippen molar-refractivity contribution >= 4 is 17.4 Å². The number of methoxy groups -OCH3 is 1. The van der Waals surface area contributed by atoms with Gasteiger partial charge in [-0.2, -0.15) is 0 Å². The minimum absolute atomic E-state index is 0.177. The molecule has 0 bridgehead atoms. The summed E-state index contributed by atoms with van der Waals surface area (Å²) in [6.07, 6.45) is 4.22. The molecule has 7 heteroatoms. The number of carbonyl (C=O) groups is 1. The van der Waals surface area contributed by atoms with Gasteiger partial charge >= 0.3 is 6.03 Å². The normalized spacial score (nSPS) is 16.5. The first-order valence-electron chi connectivity index (χ1n) is 9.78. The molecule has 2 aliphatic rings. The number of fused-ring (bicyclic) bond motifs is 1. The second-order valence-corrected chi connectivity index (χ2v) is 7.21. The van der Waals surface area contributed by atoms with Crippen LogP contribution < -0.4 is 15.0 Å². The standard InChI is InChI=1S/C21H25FN4O2/c1-28-20-18(14-15-6-2-4-8-17(15)23-20)24-21(27)26-12-10-25(11-13-26)19-9-5-3-7-16(19)22/h3,5,7,9,14H,2,4,6,8,10-13H2,1H3,(H,24,27). The summed E-state index contributed by atoms with van der Waals surface area (Å²) in [6, 6.07) is 8.56. The minimum atomic E-state index is -0.231. The summed E-state index contributed by atoms with van der Waals surface area (Å²) in [5, 5.41) is 2.95. The number of para-hydroxylation sites is 1. The van der Waals surface area contributed by atoms with E-state index in [4.69, 9.17) is 4.74 Å². The van der Waals surface area contributed by atoms with Crippen LogP contribution in [0.25, 0.3) is 0 Å². The Morgan fingerprint density at radius 3 is 2.64 bits per heavy atom. The zero-order chi connectivity index (χ0) is 19.5. The molecular weight excluding hydrogens is 359 g/mol. The molecule has 0 saturated carbocycles. The molecule has 1 aromatic carbocycles. The van der Waals surface area contributed by atoms with Crippen LogP contribution in [0.1, 0.15) is 24.1 Å². The predicted molar refractivity (Wildman–Crippen MR) is 107 cm³/mol. The van der Waals surface area contributed by atoms with E-state index in [1.165, 1.54) is 11.6 Å². The summed E-state index contributed by atoms with van der Waals surface area (Å²) < 4.78 is 19.4. The van der Waals surface area contributed by atoms with Gasteiger partial charge in [-0.25, -0.2) is 14.2 Å². The fourth-order valence-electron chi connectivity index (χ4n) is 3.91. The Balaban J connectivity index is 1.42. The van der Waals surface area contributed by atoms with E-state index in [0.29, 0.717) is 43.4 Å². The Morgan fingerprint density at radius 2 is 1.89 bits per heavy atom. The lowest BCUT2D eigenvalue weighted by molar-refractivity contribution is 0.208. The third-order valence-electron chi connectivity index (χ3n) is 5.46. The topological polar surface area (TPSA) is 57.7 Å². The van der Waals surface area contributed by atoms with E-state index in [1.807, 2.05) is 17.0 Å². The fraction of sp³-hybridized carbons (Fsp3) is 0.429. The van der Waals surface area contributed by atoms with Crippen molar-refractivity contribution in [2.24, 2.45) is 0 Å². The Kier molecular flexibility index (Phi) is 5.32. The highest BCUT2D eigenvalue weighted by Crippen LogP contribution is 2.30. The number of anilines is 2. The summed E-state index contributed by atoms with van der Waals surface area (Å²) in [7, 11) is 1.57. The van der Waals surface area contributed by atoms with E-state index in [-0.39, 0.29) is 11.8 Å². The molecule has 1 aliphatic carbocycles. The molecular formula is C21H25FN4O2. The number of aromatic nitrogens is 1. The highest BCUT2D eigenvalue weighted by molar-refractivity contribution is 5.91. The molecule has 2 aromatic rings. The Labute approximate surface area is 164 Å². The molecule has 1 saturated heterocycles. The molecule has 148 valence electrons. The number of amides is 2. The molecule has 0 radical (unpaired) electrons. The van der Waals surface area contributed by atoms with Crippen LogP contribution in [0.15, 0.2) is 30.3 Å². The average Bonchev–Trinajstić information content (AvgIpc) is 2.73. The van der Waals surface area contributed by atoms with E-state index in [2.05, 4.69) is 10.3 Å². The van der Waals surface area contributed by atoms with Gasteiger partial charge in [0.25, 0.3) is 0 Å². The Morgan fingerprint density at radius 1 is 1.14 bits per heavy atom. The highest BCUT2D eigenvalue weighted by atomic mass is 19.1. The van der Waals surface area contributed by atoms with Crippen LogP contribution >= 0.6 is 0 Å². The van der Waals surface area contributed by atoms with E-state index in [1.54, 1.807) is 24.1 Å². The fourth-order valence-corrected chi connectivity index (χ4v) is 3.91. The van der Waals surface area contributed by atoms with Gasteiger partial charge in [-0.05, 0) is 49.4 Å². The summed E-state index contributed by atoms with van der Waals surface area (Å²) in [5.41, 5.74) is 3.46. The maximum Gasteiger partial charge on any atom is 0.322 e. The number of nitrogens with one attached hydrogen (secondary N) is 1. The average molecular weight is 384 g/mol. The van der Waals surface area contributed by atoms with Gasteiger partial charge in [0.05, 0.1) is 12.8 Å². The van der Waals surface area contributed by atoms with Crippen molar-refractivity contribution in [3.63, 3.8) is 0 Å². The maximum atomic E-state index is 14.0. The highest BCUT2D eigenvalue weighted by Gasteiger charge is 2.24. The molecule has 1 fully saturated rings. The van der Waals surface area contributed by atoms with E-state index < -0.39 is 0 Å². The zero-order valence-electron chi connectivity index (χ0n) is 16.1. The number of aryl methyl sites for hydroxylation is 2. The van der Waals surface area contributed by atoms with Crippen molar-refractivity contribution in [3.05, 3.63) is 47.4 Å². The number of ether oxygens (including phenoxy) is 1. The lowest BCUT2D eigenvalue weighted by Crippen LogP contribution is -2.50. The van der Waals surface area contributed by atoms with Crippen molar-refractivity contribution < 1.29 is 13.9 Å². The summed E-state index contributed by atoms with van der Waals surface area (Å²) in [6.45, 7) is 2.24. The summed E-state index contributed by atoms with van der Waals surface area (Å²) in [5.74, 6) is 0.226. The molecule has 0 spiro atoms. The summed E-state index contributed by atoms with van der Waals surface area (Å²) in [4.78, 5) is 21.1. The lowest BCUT2D eigenvalue weighted by Gasteiger charge is -2.36. The lowest BCUT2D eigenvalue weighted by atomic mass is 9.96. The van der Waals surface area contributed by atoms with Gasteiger partial charge in [-0.3, -0.25) is 0 Å². The molecule has 0 unspecified atom stereocenters. The van der Waals surface area contributed by atoms with Gasteiger partial charge in [-0.15, -0.1) is 0 Å². The Bertz CT molecular complexity index is 865. The molecule has 28 heavy (non-hydrogen) atoms. The number of pyridine rings is 1. The van der Waals surface area contributed by atoms with Crippen molar-refractivity contribution in [3.8, 4) is 5.88 Å². The second-order valence-electron chi connectivity index (χ2n) is 7.21. The van der Waals surface area contributed by atoms with Crippen LogP contribution in [0.3, 0.4) is 0 Å². The number of hydrogen-bond acceptors (Lipinski definition) is 4. The quantitative estimate of drug-likeness (QED) is 0.881. The molecule has 1 aliphatic heterocycles. The van der Waals surface area contributed by atoms with Crippen molar-refractivity contribution in [1.29, 1.82) is 0 Å². The number of carbonyl (C=O) groups excluding carboxylic acids is 1. The summed E-state index contributed by atoms with van der Waals surface area (Å²) >= 11 is 0. The van der Waals surface area contributed by atoms with Crippen molar-refractivity contribution in [2.75, 3.05) is 43.5 Å². The first-order chi connectivity index (χ1) is 13.7. The van der Waals surface area contributed by atoms with Gasteiger partial charge in [0.2, 0.25) is 5.88 Å². The largest absolute Gasteiger partial charge is 0.480 e. The van der Waals surface area contributed by atoms with Crippen LogP contribution in [-0.4, -0.2) is 49.2 Å². The van der Waals surface area contributed by atoms with E-state index >= 15 is 0 Å². The first-order valence-corrected chi connectivity index (χ1v) is 9.78. The third kappa shape index (κ3) is 3.74. The van der Waals surface area contributed by atoms with Crippen LogP contribution in [0.5, 0.6) is 5.88 Å². The molecule has 0 atom stereocenters. The van der Waals surface area contributed by atoms with Crippen LogP contribution in [0, 0.1) is 5.82 Å². The molecule has 4 rings (SSSR count). The van der Waals surface area contributed by atoms with Crippen LogP contribution in [0.2, 0.25) is 0 Å². The van der Waals surface area contributed by atoms with Gasteiger partial charge in [0, 0.05) is 31.9 Å². The van der Waals surface area contributed by atoms with Crippen molar-refractivity contribution in [2.45, 2.75) is 25.7 Å².